The number of piperazine rings is 1. The van der Waals surface area contributed by atoms with Crippen molar-refractivity contribution in [3.63, 3.8) is 0 Å². The zero-order valence-electron chi connectivity index (χ0n) is 13.2. The van der Waals surface area contributed by atoms with Crippen molar-refractivity contribution in [3.05, 3.63) is 39.7 Å². The van der Waals surface area contributed by atoms with Crippen LogP contribution in [-0.2, 0) is 0 Å². The van der Waals surface area contributed by atoms with Crippen LogP contribution in [0.5, 0.6) is 0 Å². The van der Waals surface area contributed by atoms with E-state index in [0.29, 0.717) is 5.92 Å². The van der Waals surface area contributed by atoms with Crippen LogP contribution >= 0.6 is 11.3 Å². The van der Waals surface area contributed by atoms with Crippen molar-refractivity contribution in [2.24, 2.45) is 0 Å². The number of amides is 1. The van der Waals surface area contributed by atoms with Crippen molar-refractivity contribution in [1.29, 1.82) is 0 Å². The highest BCUT2D eigenvalue weighted by atomic mass is 32.1. The summed E-state index contributed by atoms with van der Waals surface area (Å²) in [6.45, 7) is 5.12. The molecule has 1 aliphatic carbocycles. The average Bonchev–Trinajstić information content (AvgIpc) is 3.36. The summed E-state index contributed by atoms with van der Waals surface area (Å²) >= 11 is 1.53. The molecule has 120 valence electrons. The first kappa shape index (κ1) is 14.6. The number of carbonyl (C=O) groups is 1. The Morgan fingerprint density at radius 3 is 2.52 bits per heavy atom. The SMILES string of the molecule is Cc1csc(C(=O)N2CCN(c3ccc(C4CC4)nn3)CC2)c1. The predicted molar refractivity (Wildman–Crippen MR) is 91.2 cm³/mol. The van der Waals surface area contributed by atoms with E-state index in [0.717, 1.165) is 48.1 Å². The molecule has 1 saturated heterocycles. The Kier molecular flexibility index (Phi) is 3.77. The van der Waals surface area contributed by atoms with Gasteiger partial charge in [0.25, 0.3) is 5.91 Å². The van der Waals surface area contributed by atoms with Gasteiger partial charge in [0.15, 0.2) is 5.82 Å². The fourth-order valence-electron chi connectivity index (χ4n) is 2.94. The van der Waals surface area contributed by atoms with E-state index >= 15 is 0 Å². The summed E-state index contributed by atoms with van der Waals surface area (Å²) in [4.78, 5) is 17.5. The maximum atomic E-state index is 12.5. The van der Waals surface area contributed by atoms with Crippen LogP contribution in [0, 0.1) is 6.92 Å². The summed E-state index contributed by atoms with van der Waals surface area (Å²) in [5.41, 5.74) is 2.28. The molecule has 1 saturated carbocycles. The molecule has 2 aromatic heterocycles. The monoisotopic (exact) mass is 328 g/mol. The fourth-order valence-corrected chi connectivity index (χ4v) is 3.80. The van der Waals surface area contributed by atoms with E-state index in [4.69, 9.17) is 0 Å². The highest BCUT2D eigenvalue weighted by molar-refractivity contribution is 7.12. The highest BCUT2D eigenvalue weighted by Crippen LogP contribution is 2.38. The second kappa shape index (κ2) is 5.92. The predicted octanol–water partition coefficient (Wildman–Crippen LogP) is 2.69. The molecule has 0 radical (unpaired) electrons. The van der Waals surface area contributed by atoms with E-state index in [1.165, 1.54) is 24.2 Å². The standard InChI is InChI=1S/C17H20N4OS/c1-12-10-15(23-11-12)17(22)21-8-6-20(7-9-21)16-5-4-14(18-19-16)13-2-3-13/h4-5,10-11,13H,2-3,6-9H2,1H3. The van der Waals surface area contributed by atoms with E-state index < -0.39 is 0 Å². The van der Waals surface area contributed by atoms with Gasteiger partial charge in [0.2, 0.25) is 0 Å². The smallest absolute Gasteiger partial charge is 0.264 e. The van der Waals surface area contributed by atoms with Crippen LogP contribution < -0.4 is 4.90 Å². The Bertz CT molecular complexity index is 700. The van der Waals surface area contributed by atoms with Crippen molar-refractivity contribution in [3.8, 4) is 0 Å². The van der Waals surface area contributed by atoms with Crippen molar-refractivity contribution < 1.29 is 4.79 Å². The van der Waals surface area contributed by atoms with Crippen LogP contribution in [0.2, 0.25) is 0 Å². The molecule has 1 aliphatic heterocycles. The average molecular weight is 328 g/mol. The Morgan fingerprint density at radius 1 is 1.17 bits per heavy atom. The van der Waals surface area contributed by atoms with Crippen molar-refractivity contribution in [2.75, 3.05) is 31.1 Å². The van der Waals surface area contributed by atoms with Gasteiger partial charge in [-0.15, -0.1) is 16.4 Å². The number of thiophene rings is 1. The molecule has 5 nitrogen and oxygen atoms in total. The summed E-state index contributed by atoms with van der Waals surface area (Å²) in [7, 11) is 0. The van der Waals surface area contributed by atoms with Crippen LogP contribution in [0.15, 0.2) is 23.6 Å². The number of anilines is 1. The first-order chi connectivity index (χ1) is 11.2. The number of aromatic nitrogens is 2. The number of carbonyl (C=O) groups excluding carboxylic acids is 1. The maximum Gasteiger partial charge on any atom is 0.264 e. The van der Waals surface area contributed by atoms with Crippen LogP contribution in [0.1, 0.15) is 39.7 Å². The van der Waals surface area contributed by atoms with Crippen molar-refractivity contribution in [2.45, 2.75) is 25.7 Å². The van der Waals surface area contributed by atoms with E-state index in [9.17, 15) is 4.79 Å². The lowest BCUT2D eigenvalue weighted by Gasteiger charge is -2.35. The van der Waals surface area contributed by atoms with Gasteiger partial charge in [-0.1, -0.05) is 0 Å². The molecule has 2 aliphatic rings. The lowest BCUT2D eigenvalue weighted by Crippen LogP contribution is -2.49. The molecule has 2 aromatic rings. The topological polar surface area (TPSA) is 49.3 Å². The zero-order valence-corrected chi connectivity index (χ0v) is 14.1. The van der Waals surface area contributed by atoms with Gasteiger partial charge in [-0.2, -0.15) is 5.10 Å². The van der Waals surface area contributed by atoms with Gasteiger partial charge in [0.1, 0.15) is 0 Å². The Hall–Kier alpha value is -1.95. The van der Waals surface area contributed by atoms with Crippen LogP contribution in [0.4, 0.5) is 5.82 Å². The van der Waals surface area contributed by atoms with Crippen LogP contribution in [0.25, 0.3) is 0 Å². The second-order valence-electron chi connectivity index (χ2n) is 6.36. The molecule has 3 heterocycles. The summed E-state index contributed by atoms with van der Waals surface area (Å²) in [5, 5.41) is 10.7. The molecular formula is C17H20N4OS. The fraction of sp³-hybridized carbons (Fsp3) is 0.471. The van der Waals surface area contributed by atoms with Crippen molar-refractivity contribution in [1.82, 2.24) is 15.1 Å². The van der Waals surface area contributed by atoms with E-state index in [2.05, 4.69) is 27.2 Å². The molecule has 6 heteroatoms. The van der Waals surface area contributed by atoms with Gasteiger partial charge in [-0.25, -0.2) is 0 Å². The third-order valence-corrected chi connectivity index (χ3v) is 5.53. The van der Waals surface area contributed by atoms with Crippen LogP contribution in [-0.4, -0.2) is 47.2 Å². The van der Waals surface area contributed by atoms with E-state index in [-0.39, 0.29) is 5.91 Å². The number of rotatable bonds is 3. The lowest BCUT2D eigenvalue weighted by molar-refractivity contribution is 0.0751. The first-order valence-electron chi connectivity index (χ1n) is 8.14. The summed E-state index contributed by atoms with van der Waals surface area (Å²) in [5.74, 6) is 1.71. The van der Waals surface area contributed by atoms with Gasteiger partial charge in [-0.3, -0.25) is 4.79 Å². The minimum Gasteiger partial charge on any atom is -0.352 e. The number of hydrogen-bond donors (Lipinski definition) is 0. The van der Waals surface area contributed by atoms with Crippen LogP contribution in [0.3, 0.4) is 0 Å². The summed E-state index contributed by atoms with van der Waals surface area (Å²) in [6.07, 6.45) is 2.49. The summed E-state index contributed by atoms with van der Waals surface area (Å²) in [6, 6.07) is 6.15. The molecule has 23 heavy (non-hydrogen) atoms. The van der Waals surface area contributed by atoms with Gasteiger partial charge in [0.05, 0.1) is 10.6 Å². The lowest BCUT2D eigenvalue weighted by atomic mass is 10.2. The number of aryl methyl sites for hydroxylation is 1. The molecule has 0 unspecified atom stereocenters. The second-order valence-corrected chi connectivity index (χ2v) is 7.27. The molecule has 1 amide bonds. The minimum absolute atomic E-state index is 0.151. The minimum atomic E-state index is 0.151. The maximum absolute atomic E-state index is 12.5. The molecule has 2 fully saturated rings. The Labute approximate surface area is 139 Å². The zero-order chi connectivity index (χ0) is 15.8. The molecule has 0 atom stereocenters. The molecule has 4 rings (SSSR count). The number of hydrogen-bond acceptors (Lipinski definition) is 5. The number of nitrogens with zero attached hydrogens (tertiary/aromatic N) is 4. The van der Waals surface area contributed by atoms with Gasteiger partial charge < -0.3 is 9.80 Å². The van der Waals surface area contributed by atoms with E-state index in [1.807, 2.05) is 23.3 Å². The molecule has 0 spiro atoms. The van der Waals surface area contributed by atoms with Gasteiger partial charge in [0, 0.05) is 32.1 Å². The molecule has 0 aromatic carbocycles. The quantitative estimate of drug-likeness (QED) is 0.869. The molecular weight excluding hydrogens is 308 g/mol. The summed E-state index contributed by atoms with van der Waals surface area (Å²) < 4.78 is 0. The Balaban J connectivity index is 1.37. The molecule has 0 N–H and O–H groups in total. The third kappa shape index (κ3) is 3.08. The Morgan fingerprint density at radius 2 is 1.96 bits per heavy atom. The van der Waals surface area contributed by atoms with Gasteiger partial charge >= 0.3 is 0 Å². The first-order valence-corrected chi connectivity index (χ1v) is 9.01. The third-order valence-electron chi connectivity index (χ3n) is 4.50. The highest BCUT2D eigenvalue weighted by Gasteiger charge is 2.27. The van der Waals surface area contributed by atoms with Crippen molar-refractivity contribution >= 4 is 23.1 Å². The van der Waals surface area contributed by atoms with E-state index in [1.54, 1.807) is 0 Å². The van der Waals surface area contributed by atoms with Gasteiger partial charge in [-0.05, 0) is 48.9 Å². The molecule has 0 bridgehead atoms. The largest absolute Gasteiger partial charge is 0.352 e. The normalized spacial score (nSPS) is 18.3.